The van der Waals surface area contributed by atoms with Crippen LogP contribution in [0.15, 0.2) is 37.8 Å². The Morgan fingerprint density at radius 1 is 1.22 bits per heavy atom. The molecule has 1 aromatic carbocycles. The molecule has 1 atom stereocenters. The van der Waals surface area contributed by atoms with Crippen molar-refractivity contribution in [2.45, 2.75) is 6.04 Å². The number of rotatable bonds is 3. The first-order valence-electron chi connectivity index (χ1n) is 5.09. The average Bonchev–Trinajstić information content (AvgIpc) is 2.77. The Morgan fingerprint density at radius 2 is 1.94 bits per heavy atom. The number of furan rings is 1. The van der Waals surface area contributed by atoms with Crippen molar-refractivity contribution in [3.63, 3.8) is 0 Å². The molecular weight excluding hydrogens is 372 g/mol. The fourth-order valence-corrected chi connectivity index (χ4v) is 2.68. The first kappa shape index (κ1) is 13.7. The van der Waals surface area contributed by atoms with Crippen molar-refractivity contribution in [1.82, 2.24) is 5.32 Å². The molecule has 1 N–H and O–H groups in total. The number of benzene rings is 1. The molecule has 0 amide bonds. The van der Waals surface area contributed by atoms with E-state index >= 15 is 0 Å². The fraction of sp³-hybridized carbons (Fsp3) is 0.167. The largest absolute Gasteiger partial charge is 0.466 e. The van der Waals surface area contributed by atoms with Gasteiger partial charge in [-0.2, -0.15) is 0 Å². The van der Waals surface area contributed by atoms with Gasteiger partial charge in [-0.1, -0.05) is 6.07 Å². The zero-order chi connectivity index (χ0) is 13.3. The molecule has 2 rings (SSSR count). The van der Waals surface area contributed by atoms with Gasteiger partial charge < -0.3 is 9.73 Å². The smallest absolute Gasteiger partial charge is 0.173 e. The molecule has 0 saturated heterocycles. The molecule has 0 radical (unpaired) electrons. The normalized spacial score (nSPS) is 12.7. The topological polar surface area (TPSA) is 25.2 Å². The van der Waals surface area contributed by atoms with Gasteiger partial charge in [0.25, 0.3) is 0 Å². The standard InChI is InChI=1S/C12H9Br2F2NO/c1-17-11(12-7(13)4-5-18-12)6-2-3-8(15)10(16)9(6)14/h2-5,11,17H,1H3. The molecule has 6 heteroatoms. The summed E-state index contributed by atoms with van der Waals surface area (Å²) in [5.74, 6) is -1.20. The summed E-state index contributed by atoms with van der Waals surface area (Å²) >= 11 is 6.42. The van der Waals surface area contributed by atoms with E-state index < -0.39 is 11.6 Å². The van der Waals surface area contributed by atoms with Crippen molar-refractivity contribution in [3.8, 4) is 0 Å². The van der Waals surface area contributed by atoms with Crippen LogP contribution in [0.2, 0.25) is 0 Å². The van der Waals surface area contributed by atoms with Gasteiger partial charge in [0.2, 0.25) is 0 Å². The van der Waals surface area contributed by atoms with Gasteiger partial charge >= 0.3 is 0 Å². The summed E-state index contributed by atoms with van der Waals surface area (Å²) in [7, 11) is 1.72. The first-order valence-corrected chi connectivity index (χ1v) is 6.68. The lowest BCUT2D eigenvalue weighted by molar-refractivity contribution is 0.454. The van der Waals surface area contributed by atoms with Gasteiger partial charge in [-0.3, -0.25) is 0 Å². The van der Waals surface area contributed by atoms with Crippen LogP contribution >= 0.6 is 31.9 Å². The summed E-state index contributed by atoms with van der Waals surface area (Å²) in [5, 5.41) is 3.01. The SMILES string of the molecule is CNC(c1ccc(F)c(F)c1Br)c1occc1Br. The highest BCUT2D eigenvalue weighted by Crippen LogP contribution is 2.34. The summed E-state index contributed by atoms with van der Waals surface area (Å²) in [6, 6.07) is 3.97. The third-order valence-electron chi connectivity index (χ3n) is 2.57. The predicted molar refractivity (Wildman–Crippen MR) is 71.4 cm³/mol. The Bertz CT molecular complexity index is 571. The summed E-state index contributed by atoms with van der Waals surface area (Å²) in [6.07, 6.45) is 1.53. The second kappa shape index (κ2) is 5.50. The average molecular weight is 381 g/mol. The second-order valence-corrected chi connectivity index (χ2v) is 5.27. The first-order chi connectivity index (χ1) is 8.56. The zero-order valence-corrected chi connectivity index (χ0v) is 12.5. The van der Waals surface area contributed by atoms with Crippen molar-refractivity contribution in [3.05, 3.63) is 56.4 Å². The van der Waals surface area contributed by atoms with Crippen molar-refractivity contribution in [2.75, 3.05) is 7.05 Å². The van der Waals surface area contributed by atoms with E-state index in [1.807, 2.05) is 0 Å². The molecule has 0 aliphatic heterocycles. The van der Waals surface area contributed by atoms with Crippen LogP contribution in [-0.4, -0.2) is 7.05 Å². The van der Waals surface area contributed by atoms with Crippen molar-refractivity contribution in [2.24, 2.45) is 0 Å². The van der Waals surface area contributed by atoms with Gasteiger partial charge in [0.15, 0.2) is 11.6 Å². The van der Waals surface area contributed by atoms with E-state index in [9.17, 15) is 8.78 Å². The monoisotopic (exact) mass is 379 g/mol. The van der Waals surface area contributed by atoms with Gasteiger partial charge in [0.1, 0.15) is 5.76 Å². The third kappa shape index (κ3) is 2.37. The summed E-state index contributed by atoms with van der Waals surface area (Å²) < 4.78 is 32.8. The maximum atomic E-state index is 13.5. The molecule has 0 spiro atoms. The van der Waals surface area contributed by atoms with Crippen LogP contribution in [0.25, 0.3) is 0 Å². The minimum atomic E-state index is -0.907. The van der Waals surface area contributed by atoms with Crippen molar-refractivity contribution in [1.29, 1.82) is 0 Å². The Labute approximate surface area is 120 Å². The van der Waals surface area contributed by atoms with Crippen LogP contribution in [0.3, 0.4) is 0 Å². The lowest BCUT2D eigenvalue weighted by Crippen LogP contribution is -2.18. The fourth-order valence-electron chi connectivity index (χ4n) is 1.70. The highest BCUT2D eigenvalue weighted by atomic mass is 79.9. The maximum Gasteiger partial charge on any atom is 0.173 e. The van der Waals surface area contributed by atoms with Crippen molar-refractivity contribution < 1.29 is 13.2 Å². The number of hydrogen-bond donors (Lipinski definition) is 1. The minimum absolute atomic E-state index is 0.0881. The highest BCUT2D eigenvalue weighted by molar-refractivity contribution is 9.10. The molecule has 96 valence electrons. The third-order valence-corrected chi connectivity index (χ3v) is 4.03. The second-order valence-electron chi connectivity index (χ2n) is 3.62. The van der Waals surface area contributed by atoms with Gasteiger partial charge in [-0.25, -0.2) is 8.78 Å². The lowest BCUT2D eigenvalue weighted by atomic mass is 10.0. The van der Waals surface area contributed by atoms with E-state index in [-0.39, 0.29) is 10.5 Å². The van der Waals surface area contributed by atoms with E-state index in [2.05, 4.69) is 37.2 Å². The molecule has 1 heterocycles. The van der Waals surface area contributed by atoms with Gasteiger partial charge in [-0.15, -0.1) is 0 Å². The van der Waals surface area contributed by atoms with Crippen LogP contribution in [0, 0.1) is 11.6 Å². The van der Waals surface area contributed by atoms with Gasteiger partial charge in [-0.05, 0) is 56.6 Å². The molecule has 1 aromatic heterocycles. The van der Waals surface area contributed by atoms with Crippen molar-refractivity contribution >= 4 is 31.9 Å². The van der Waals surface area contributed by atoms with E-state index in [0.29, 0.717) is 11.3 Å². The predicted octanol–water partition coefficient (Wildman–Crippen LogP) is 4.39. The van der Waals surface area contributed by atoms with E-state index in [1.165, 1.54) is 12.3 Å². The van der Waals surface area contributed by atoms with Crippen LogP contribution < -0.4 is 5.32 Å². The molecule has 18 heavy (non-hydrogen) atoms. The lowest BCUT2D eigenvalue weighted by Gasteiger charge is -2.17. The molecule has 0 bridgehead atoms. The zero-order valence-electron chi connectivity index (χ0n) is 9.31. The minimum Gasteiger partial charge on any atom is -0.466 e. The molecule has 0 fully saturated rings. The molecule has 2 aromatic rings. The van der Waals surface area contributed by atoms with Gasteiger partial charge in [0.05, 0.1) is 21.3 Å². The van der Waals surface area contributed by atoms with E-state index in [1.54, 1.807) is 13.1 Å². The van der Waals surface area contributed by atoms with Crippen LogP contribution in [-0.2, 0) is 0 Å². The Kier molecular flexibility index (Phi) is 4.19. The van der Waals surface area contributed by atoms with Crippen LogP contribution in [0.1, 0.15) is 17.4 Å². The number of nitrogens with one attached hydrogen (secondary N) is 1. The molecule has 0 aliphatic carbocycles. The van der Waals surface area contributed by atoms with Crippen LogP contribution in [0.5, 0.6) is 0 Å². The molecular formula is C12H9Br2F2NO. The molecule has 0 saturated carbocycles. The summed E-state index contributed by atoms with van der Waals surface area (Å²) in [6.45, 7) is 0. The maximum absolute atomic E-state index is 13.5. The van der Waals surface area contributed by atoms with Gasteiger partial charge in [0, 0.05) is 0 Å². The van der Waals surface area contributed by atoms with E-state index in [4.69, 9.17) is 4.42 Å². The highest BCUT2D eigenvalue weighted by Gasteiger charge is 2.23. The Balaban J connectivity index is 2.53. The molecule has 1 unspecified atom stereocenters. The Hall–Kier alpha value is -0.720. The number of halogens is 4. The summed E-state index contributed by atoms with van der Waals surface area (Å²) in [4.78, 5) is 0. The quantitative estimate of drug-likeness (QED) is 0.799. The molecule has 0 aliphatic rings. The number of hydrogen-bond acceptors (Lipinski definition) is 2. The van der Waals surface area contributed by atoms with E-state index in [0.717, 1.165) is 10.5 Å². The Morgan fingerprint density at radius 3 is 2.50 bits per heavy atom. The summed E-state index contributed by atoms with van der Waals surface area (Å²) in [5.41, 5.74) is 0.562. The van der Waals surface area contributed by atoms with Crippen LogP contribution in [0.4, 0.5) is 8.78 Å². The molecule has 2 nitrogen and oxygen atoms in total.